The van der Waals surface area contributed by atoms with Crippen LogP contribution < -0.4 is 0 Å². The average molecular weight is 341 g/mol. The fourth-order valence-electron chi connectivity index (χ4n) is 3.25. The SMILES string of the molecule is O=C(O)CCCN(Cc1ccccc1)C(=O)c1cnn2c1CCCC2. The van der Waals surface area contributed by atoms with Gasteiger partial charge in [-0.15, -0.1) is 0 Å². The van der Waals surface area contributed by atoms with Crippen molar-refractivity contribution in [1.82, 2.24) is 14.7 Å². The zero-order valence-electron chi connectivity index (χ0n) is 14.2. The van der Waals surface area contributed by atoms with Gasteiger partial charge in [0, 0.05) is 26.1 Å². The Morgan fingerprint density at radius 2 is 2.00 bits per heavy atom. The largest absolute Gasteiger partial charge is 0.481 e. The number of hydrogen-bond acceptors (Lipinski definition) is 3. The number of carbonyl (C=O) groups excluding carboxylic acids is 1. The molecule has 0 saturated heterocycles. The van der Waals surface area contributed by atoms with E-state index < -0.39 is 5.97 Å². The number of carboxylic acid groups (broad SMARTS) is 1. The van der Waals surface area contributed by atoms with Crippen LogP contribution in [0.5, 0.6) is 0 Å². The first-order chi connectivity index (χ1) is 12.1. The highest BCUT2D eigenvalue weighted by Crippen LogP contribution is 2.20. The van der Waals surface area contributed by atoms with Crippen molar-refractivity contribution >= 4 is 11.9 Å². The van der Waals surface area contributed by atoms with E-state index in [9.17, 15) is 9.59 Å². The Hall–Kier alpha value is -2.63. The van der Waals surface area contributed by atoms with E-state index >= 15 is 0 Å². The molecule has 6 heteroatoms. The minimum atomic E-state index is -0.838. The summed E-state index contributed by atoms with van der Waals surface area (Å²) < 4.78 is 1.93. The number of aliphatic carboxylic acids is 1. The summed E-state index contributed by atoms with van der Waals surface area (Å²) >= 11 is 0. The Morgan fingerprint density at radius 1 is 1.20 bits per heavy atom. The quantitative estimate of drug-likeness (QED) is 0.840. The number of amides is 1. The van der Waals surface area contributed by atoms with Crippen LogP contribution in [0.3, 0.4) is 0 Å². The normalized spacial score (nSPS) is 13.3. The molecule has 1 aliphatic heterocycles. The molecular weight excluding hydrogens is 318 g/mol. The molecule has 0 unspecified atom stereocenters. The van der Waals surface area contributed by atoms with Gasteiger partial charge in [0.05, 0.1) is 17.5 Å². The summed E-state index contributed by atoms with van der Waals surface area (Å²) in [6.45, 7) is 1.76. The third-order valence-corrected chi connectivity index (χ3v) is 4.53. The number of aromatic nitrogens is 2. The van der Waals surface area contributed by atoms with Crippen LogP contribution in [0, 0.1) is 0 Å². The molecule has 0 spiro atoms. The van der Waals surface area contributed by atoms with Gasteiger partial charge >= 0.3 is 5.97 Å². The Labute approximate surface area is 147 Å². The van der Waals surface area contributed by atoms with Crippen molar-refractivity contribution in [1.29, 1.82) is 0 Å². The summed E-state index contributed by atoms with van der Waals surface area (Å²) in [6.07, 6.45) is 5.20. The van der Waals surface area contributed by atoms with Crippen LogP contribution in [0.2, 0.25) is 0 Å². The van der Waals surface area contributed by atoms with Crippen LogP contribution in [0.15, 0.2) is 36.5 Å². The predicted molar refractivity (Wildman–Crippen MR) is 93.2 cm³/mol. The second-order valence-electron chi connectivity index (χ2n) is 6.39. The molecule has 0 fully saturated rings. The molecule has 2 aromatic rings. The molecule has 2 heterocycles. The van der Waals surface area contributed by atoms with Gasteiger partial charge in [0.25, 0.3) is 5.91 Å². The summed E-state index contributed by atoms with van der Waals surface area (Å²) in [5.41, 5.74) is 2.70. The van der Waals surface area contributed by atoms with Crippen molar-refractivity contribution in [2.24, 2.45) is 0 Å². The van der Waals surface area contributed by atoms with Crippen molar-refractivity contribution < 1.29 is 14.7 Å². The van der Waals surface area contributed by atoms with E-state index in [0.717, 1.165) is 37.1 Å². The van der Waals surface area contributed by atoms with Crippen LogP contribution in [0.4, 0.5) is 0 Å². The molecule has 6 nitrogen and oxygen atoms in total. The van der Waals surface area contributed by atoms with Crippen LogP contribution >= 0.6 is 0 Å². The van der Waals surface area contributed by atoms with Crippen molar-refractivity contribution in [3.63, 3.8) is 0 Å². The van der Waals surface area contributed by atoms with Gasteiger partial charge in [-0.2, -0.15) is 5.10 Å². The first kappa shape index (κ1) is 17.2. The van der Waals surface area contributed by atoms with E-state index in [-0.39, 0.29) is 12.3 Å². The Morgan fingerprint density at radius 3 is 2.76 bits per heavy atom. The van der Waals surface area contributed by atoms with E-state index in [1.165, 1.54) is 0 Å². The number of nitrogens with zero attached hydrogens (tertiary/aromatic N) is 3. The number of aryl methyl sites for hydroxylation is 1. The number of carboxylic acids is 1. The van der Waals surface area contributed by atoms with Gasteiger partial charge in [-0.3, -0.25) is 14.3 Å². The maximum absolute atomic E-state index is 13.1. The van der Waals surface area contributed by atoms with Gasteiger partial charge in [0.2, 0.25) is 0 Å². The number of rotatable bonds is 7. The lowest BCUT2D eigenvalue weighted by Gasteiger charge is -2.23. The molecular formula is C19H23N3O3. The number of carbonyl (C=O) groups is 2. The Kier molecular flexibility index (Phi) is 5.48. The molecule has 1 N–H and O–H groups in total. The summed E-state index contributed by atoms with van der Waals surface area (Å²) in [5.74, 6) is -0.896. The smallest absolute Gasteiger partial charge is 0.303 e. The molecule has 0 radical (unpaired) electrons. The topological polar surface area (TPSA) is 75.4 Å². The van der Waals surface area contributed by atoms with Crippen molar-refractivity contribution in [3.8, 4) is 0 Å². The molecule has 1 aromatic carbocycles. The molecule has 0 atom stereocenters. The van der Waals surface area contributed by atoms with E-state index in [2.05, 4.69) is 5.10 Å². The lowest BCUT2D eigenvalue weighted by atomic mass is 10.1. The highest BCUT2D eigenvalue weighted by Gasteiger charge is 2.24. The van der Waals surface area contributed by atoms with Crippen molar-refractivity contribution in [2.45, 2.75) is 45.2 Å². The summed E-state index contributed by atoms with van der Waals surface area (Å²) in [4.78, 5) is 25.6. The fraction of sp³-hybridized carbons (Fsp3) is 0.421. The molecule has 0 saturated carbocycles. The molecule has 1 amide bonds. The maximum atomic E-state index is 13.1. The first-order valence-electron chi connectivity index (χ1n) is 8.75. The van der Waals surface area contributed by atoms with Crippen molar-refractivity contribution in [3.05, 3.63) is 53.3 Å². The van der Waals surface area contributed by atoms with Gasteiger partial charge in [-0.1, -0.05) is 30.3 Å². The molecule has 3 rings (SSSR count). The second-order valence-corrected chi connectivity index (χ2v) is 6.39. The first-order valence-corrected chi connectivity index (χ1v) is 8.75. The highest BCUT2D eigenvalue weighted by molar-refractivity contribution is 5.95. The summed E-state index contributed by atoms with van der Waals surface area (Å²) in [6, 6.07) is 9.78. The molecule has 1 aliphatic rings. The third-order valence-electron chi connectivity index (χ3n) is 4.53. The maximum Gasteiger partial charge on any atom is 0.303 e. The highest BCUT2D eigenvalue weighted by atomic mass is 16.4. The lowest BCUT2D eigenvalue weighted by Crippen LogP contribution is -2.32. The van der Waals surface area contributed by atoms with Crippen molar-refractivity contribution in [2.75, 3.05) is 6.54 Å². The number of benzene rings is 1. The standard InChI is InChI=1S/C19H23N3O3/c23-18(24)10-6-11-21(14-15-7-2-1-3-8-15)19(25)16-13-20-22-12-5-4-9-17(16)22/h1-3,7-8,13H,4-6,9-12,14H2,(H,23,24). The fourth-order valence-corrected chi connectivity index (χ4v) is 3.25. The van der Waals surface area contributed by atoms with Gasteiger partial charge in [-0.25, -0.2) is 0 Å². The van der Waals surface area contributed by atoms with Crippen LogP contribution in [0.1, 0.15) is 47.3 Å². The Balaban J connectivity index is 1.78. The zero-order valence-corrected chi connectivity index (χ0v) is 14.2. The summed E-state index contributed by atoms with van der Waals surface area (Å²) in [5, 5.41) is 13.2. The average Bonchev–Trinajstić information content (AvgIpc) is 3.05. The van der Waals surface area contributed by atoms with Crippen LogP contribution in [-0.2, 0) is 24.3 Å². The Bertz CT molecular complexity index is 740. The van der Waals surface area contributed by atoms with E-state index in [4.69, 9.17) is 5.11 Å². The zero-order chi connectivity index (χ0) is 17.6. The van der Waals surface area contributed by atoms with Crippen LogP contribution in [0.25, 0.3) is 0 Å². The van der Waals surface area contributed by atoms with Gasteiger partial charge in [0.1, 0.15) is 0 Å². The van der Waals surface area contributed by atoms with Gasteiger partial charge in [0.15, 0.2) is 0 Å². The second kappa shape index (κ2) is 7.96. The van der Waals surface area contributed by atoms with E-state index in [1.807, 2.05) is 35.0 Å². The number of fused-ring (bicyclic) bond motifs is 1. The van der Waals surface area contributed by atoms with E-state index in [1.54, 1.807) is 11.1 Å². The van der Waals surface area contributed by atoms with Crippen LogP contribution in [-0.4, -0.2) is 38.2 Å². The minimum Gasteiger partial charge on any atom is -0.481 e. The molecule has 0 aliphatic carbocycles. The molecule has 0 bridgehead atoms. The third kappa shape index (κ3) is 4.26. The minimum absolute atomic E-state index is 0.0580. The summed E-state index contributed by atoms with van der Waals surface area (Å²) in [7, 11) is 0. The number of hydrogen-bond donors (Lipinski definition) is 1. The van der Waals surface area contributed by atoms with E-state index in [0.29, 0.717) is 25.1 Å². The predicted octanol–water partition coefficient (Wildman–Crippen LogP) is 2.73. The van der Waals surface area contributed by atoms with Gasteiger partial charge < -0.3 is 10.0 Å². The lowest BCUT2D eigenvalue weighted by molar-refractivity contribution is -0.137. The monoisotopic (exact) mass is 341 g/mol. The van der Waals surface area contributed by atoms with Gasteiger partial charge in [-0.05, 0) is 31.2 Å². The molecule has 25 heavy (non-hydrogen) atoms. The molecule has 132 valence electrons. The molecule has 1 aromatic heterocycles.